The van der Waals surface area contributed by atoms with Crippen molar-refractivity contribution in [3.05, 3.63) is 48.0 Å². The Morgan fingerprint density at radius 1 is 1.00 bits per heavy atom. The van der Waals surface area contributed by atoms with Gasteiger partial charge in [0.1, 0.15) is 5.75 Å². The van der Waals surface area contributed by atoms with Crippen LogP contribution in [0.4, 0.5) is 21.9 Å². The van der Waals surface area contributed by atoms with Gasteiger partial charge in [0, 0.05) is 38.1 Å². The number of anilines is 3. The molecule has 0 radical (unpaired) electrons. The number of para-hydroxylation sites is 2. The molecule has 2 aromatic carbocycles. The molecule has 1 heterocycles. The summed E-state index contributed by atoms with van der Waals surface area (Å²) in [6.45, 7) is 2.68. The maximum Gasteiger partial charge on any atom is 0.323 e. The van der Waals surface area contributed by atoms with Gasteiger partial charge in [-0.3, -0.25) is 4.79 Å². The smallest absolute Gasteiger partial charge is 0.323 e. The molecule has 1 aliphatic heterocycles. The van der Waals surface area contributed by atoms with Crippen molar-refractivity contribution in [3.63, 3.8) is 0 Å². The topological polar surface area (TPSA) is 91.9 Å². The van der Waals surface area contributed by atoms with Crippen molar-refractivity contribution >= 4 is 29.0 Å². The Balaban J connectivity index is 1.77. The highest BCUT2D eigenvalue weighted by Gasteiger charge is 2.19. The number of piperidine rings is 1. The zero-order chi connectivity index (χ0) is 22.1. The molecule has 1 fully saturated rings. The number of nitrogens with zero attached hydrogens (tertiary/aromatic N) is 1. The minimum Gasteiger partial charge on any atom is -0.495 e. The minimum atomic E-state index is -0.416. The number of hydrogen-bond donors (Lipinski definition) is 3. The van der Waals surface area contributed by atoms with Crippen LogP contribution in [0.3, 0.4) is 0 Å². The van der Waals surface area contributed by atoms with Crippen molar-refractivity contribution in [1.82, 2.24) is 5.32 Å². The van der Waals surface area contributed by atoms with E-state index < -0.39 is 6.03 Å². The van der Waals surface area contributed by atoms with Gasteiger partial charge in [0.25, 0.3) is 5.91 Å². The van der Waals surface area contributed by atoms with Crippen LogP contribution in [0.25, 0.3) is 0 Å². The van der Waals surface area contributed by atoms with Crippen LogP contribution in [0, 0.1) is 0 Å². The van der Waals surface area contributed by atoms with Gasteiger partial charge in [0.2, 0.25) is 0 Å². The molecule has 0 aliphatic carbocycles. The van der Waals surface area contributed by atoms with Gasteiger partial charge < -0.3 is 30.3 Å². The lowest BCUT2D eigenvalue weighted by atomic mass is 10.1. The molecule has 3 N–H and O–H groups in total. The summed E-state index contributed by atoms with van der Waals surface area (Å²) in [6.07, 6.45) is 3.41. The van der Waals surface area contributed by atoms with E-state index in [4.69, 9.17) is 9.47 Å². The van der Waals surface area contributed by atoms with Crippen molar-refractivity contribution in [1.29, 1.82) is 0 Å². The van der Waals surface area contributed by atoms with E-state index in [-0.39, 0.29) is 5.91 Å². The number of hydrogen-bond acceptors (Lipinski definition) is 5. The second-order valence-electron chi connectivity index (χ2n) is 7.31. The summed E-state index contributed by atoms with van der Waals surface area (Å²) in [5.74, 6) is 0.378. The molecule has 2 aromatic rings. The lowest BCUT2D eigenvalue weighted by Crippen LogP contribution is -2.33. The predicted molar refractivity (Wildman–Crippen MR) is 122 cm³/mol. The summed E-state index contributed by atoms with van der Waals surface area (Å²) >= 11 is 0. The first-order valence-electron chi connectivity index (χ1n) is 10.5. The average molecular weight is 427 g/mol. The highest BCUT2D eigenvalue weighted by atomic mass is 16.5. The fourth-order valence-electron chi connectivity index (χ4n) is 3.60. The molecule has 166 valence electrons. The molecule has 0 aromatic heterocycles. The second kappa shape index (κ2) is 11.2. The summed E-state index contributed by atoms with van der Waals surface area (Å²) in [6, 6.07) is 12.2. The quantitative estimate of drug-likeness (QED) is 0.560. The van der Waals surface area contributed by atoms with Crippen LogP contribution in [0.1, 0.15) is 29.6 Å². The SMILES string of the molecule is COCCNC(=O)c1cc(NC(=O)Nc2ccccc2OC)ccc1N1CCCCC1. The van der Waals surface area contributed by atoms with Crippen molar-refractivity contribution in [2.45, 2.75) is 19.3 Å². The average Bonchev–Trinajstić information content (AvgIpc) is 2.80. The van der Waals surface area contributed by atoms with Crippen LogP contribution in [-0.4, -0.2) is 52.4 Å². The normalized spacial score (nSPS) is 13.4. The van der Waals surface area contributed by atoms with Gasteiger partial charge in [0.05, 0.1) is 25.0 Å². The molecule has 0 atom stereocenters. The first-order chi connectivity index (χ1) is 15.1. The highest BCUT2D eigenvalue weighted by Crippen LogP contribution is 2.28. The number of nitrogens with one attached hydrogen (secondary N) is 3. The van der Waals surface area contributed by atoms with E-state index in [2.05, 4.69) is 20.9 Å². The molecule has 8 heteroatoms. The van der Waals surface area contributed by atoms with Crippen molar-refractivity contribution < 1.29 is 19.1 Å². The summed E-state index contributed by atoms with van der Waals surface area (Å²) in [4.78, 5) is 27.6. The second-order valence-corrected chi connectivity index (χ2v) is 7.31. The van der Waals surface area contributed by atoms with Crippen molar-refractivity contribution in [2.24, 2.45) is 0 Å². The van der Waals surface area contributed by atoms with Crippen molar-refractivity contribution in [2.75, 3.05) is 56.0 Å². The number of urea groups is 1. The standard InChI is InChI=1S/C23H30N4O4/c1-30-15-12-24-22(28)18-16-17(10-11-20(18)27-13-6-3-7-14-27)25-23(29)26-19-8-4-5-9-21(19)31-2/h4-5,8-11,16H,3,6-7,12-15H2,1-2H3,(H,24,28)(H2,25,26,29). The third-order valence-electron chi connectivity index (χ3n) is 5.14. The lowest BCUT2D eigenvalue weighted by molar-refractivity contribution is 0.0937. The molecule has 31 heavy (non-hydrogen) atoms. The molecule has 0 spiro atoms. The van der Waals surface area contributed by atoms with Crippen LogP contribution < -0.4 is 25.6 Å². The van der Waals surface area contributed by atoms with Gasteiger partial charge in [-0.25, -0.2) is 4.79 Å². The summed E-state index contributed by atoms with van der Waals surface area (Å²) in [7, 11) is 3.14. The Kier molecular flexibility index (Phi) is 8.12. The van der Waals surface area contributed by atoms with E-state index in [0.717, 1.165) is 31.6 Å². The number of rotatable bonds is 8. The first-order valence-corrected chi connectivity index (χ1v) is 10.5. The zero-order valence-corrected chi connectivity index (χ0v) is 18.1. The van der Waals surface area contributed by atoms with Crippen LogP contribution in [0.5, 0.6) is 5.75 Å². The highest BCUT2D eigenvalue weighted by molar-refractivity contribution is 6.04. The number of carbonyl (C=O) groups is 2. The lowest BCUT2D eigenvalue weighted by Gasteiger charge is -2.30. The van der Waals surface area contributed by atoms with Gasteiger partial charge in [-0.15, -0.1) is 0 Å². The first kappa shape index (κ1) is 22.4. The Morgan fingerprint density at radius 2 is 1.77 bits per heavy atom. The van der Waals surface area contributed by atoms with Crippen LogP contribution in [-0.2, 0) is 4.74 Å². The van der Waals surface area contributed by atoms with Gasteiger partial charge in [-0.2, -0.15) is 0 Å². The Hall–Kier alpha value is -3.26. The molecular weight excluding hydrogens is 396 g/mol. The molecule has 1 aliphatic rings. The fourth-order valence-corrected chi connectivity index (χ4v) is 3.60. The third kappa shape index (κ3) is 6.11. The van der Waals surface area contributed by atoms with Gasteiger partial charge in [-0.1, -0.05) is 12.1 Å². The molecule has 1 saturated heterocycles. The van der Waals surface area contributed by atoms with E-state index in [1.807, 2.05) is 24.3 Å². The van der Waals surface area contributed by atoms with E-state index in [1.165, 1.54) is 6.42 Å². The van der Waals surface area contributed by atoms with Crippen LogP contribution in [0.15, 0.2) is 42.5 Å². The van der Waals surface area contributed by atoms with Crippen LogP contribution >= 0.6 is 0 Å². The number of methoxy groups -OCH3 is 2. The monoisotopic (exact) mass is 426 g/mol. The van der Waals surface area contributed by atoms with Gasteiger partial charge in [-0.05, 0) is 49.6 Å². The third-order valence-corrected chi connectivity index (χ3v) is 5.14. The molecule has 0 saturated carbocycles. The maximum atomic E-state index is 12.9. The number of amides is 3. The molecule has 8 nitrogen and oxygen atoms in total. The van der Waals surface area contributed by atoms with E-state index >= 15 is 0 Å². The van der Waals surface area contributed by atoms with Crippen molar-refractivity contribution in [3.8, 4) is 5.75 Å². The summed E-state index contributed by atoms with van der Waals surface area (Å²) in [5, 5.41) is 8.46. The predicted octanol–water partition coefficient (Wildman–Crippen LogP) is 3.71. The maximum absolute atomic E-state index is 12.9. The summed E-state index contributed by atoms with van der Waals surface area (Å²) in [5.41, 5.74) is 2.51. The van der Waals surface area contributed by atoms with Gasteiger partial charge >= 0.3 is 6.03 Å². The Labute approximate surface area is 182 Å². The molecule has 3 rings (SSSR count). The minimum absolute atomic E-state index is 0.189. The van der Waals surface area contributed by atoms with E-state index in [9.17, 15) is 9.59 Å². The molecule has 0 bridgehead atoms. The number of benzene rings is 2. The van der Waals surface area contributed by atoms with E-state index in [1.54, 1.807) is 32.4 Å². The number of ether oxygens (including phenoxy) is 2. The largest absolute Gasteiger partial charge is 0.495 e. The number of carbonyl (C=O) groups excluding carboxylic acids is 2. The van der Waals surface area contributed by atoms with E-state index in [0.29, 0.717) is 35.8 Å². The summed E-state index contributed by atoms with van der Waals surface area (Å²) < 4.78 is 10.3. The fraction of sp³-hybridized carbons (Fsp3) is 0.391. The Morgan fingerprint density at radius 3 is 2.52 bits per heavy atom. The zero-order valence-electron chi connectivity index (χ0n) is 18.1. The van der Waals surface area contributed by atoms with Crippen LogP contribution in [0.2, 0.25) is 0 Å². The molecule has 3 amide bonds. The molecule has 0 unspecified atom stereocenters. The Bertz CT molecular complexity index is 897. The van der Waals surface area contributed by atoms with Gasteiger partial charge in [0.15, 0.2) is 0 Å². The molecular formula is C23H30N4O4.